The van der Waals surface area contributed by atoms with E-state index < -0.39 is 23.8 Å². The number of hydrogen-bond donors (Lipinski definition) is 0. The zero-order chi connectivity index (χ0) is 56.0. The quantitative estimate of drug-likeness (QED) is 0.0706. The first-order valence-corrected chi connectivity index (χ1v) is 29.2. The largest absolute Gasteiger partial charge is 0.490 e. The van der Waals surface area contributed by atoms with Gasteiger partial charge >= 0.3 is 5.97 Å². The normalized spacial score (nSPS) is 20.1. The first-order chi connectivity index (χ1) is 38.6. The standard InChI is InChI=1S/C60H71Cl2FN6O10S/c1-37-48-38(2)52(62)53(51(37)61)77-44(30-69-22-20-68(6)21-23-69)34-75-43-14-15-46(76-31-42-16-19-64-58(67-42)60(17-8-7-9-18-60)35-73-25-24-71-32-45-33-72-26-27-74-45)40(28-43)29-47(57(70)79-59(3,4)5)78-55-50-49(48)54(80-56(50)66-36-65-55)39-10-12-41(63)13-11-39/h10-16,19,28,36,44-45,47H,7-9,17-18,20-27,29-35H2,1-6H3/t44-,45+,47-/m1/s1. The molecule has 5 aliphatic rings. The van der Waals surface area contributed by atoms with Crippen molar-refractivity contribution in [2.24, 2.45) is 0 Å². The molecule has 11 rings (SSSR count). The van der Waals surface area contributed by atoms with Gasteiger partial charge in [0, 0.05) is 61.3 Å². The minimum absolute atomic E-state index is 0.0247. The second-order valence-corrected chi connectivity index (χ2v) is 24.0. The zero-order valence-electron chi connectivity index (χ0n) is 46.5. The zero-order valence-corrected chi connectivity index (χ0v) is 48.8. The topological polar surface area (TPSA) is 158 Å². The molecule has 428 valence electrons. The van der Waals surface area contributed by atoms with Crippen LogP contribution in [0.25, 0.3) is 31.8 Å². The molecule has 0 N–H and O–H groups in total. The van der Waals surface area contributed by atoms with Crippen LogP contribution >= 0.6 is 34.5 Å². The molecule has 3 aromatic heterocycles. The predicted molar refractivity (Wildman–Crippen MR) is 305 cm³/mol. The van der Waals surface area contributed by atoms with Crippen molar-refractivity contribution in [3.05, 3.63) is 105 Å². The maximum Gasteiger partial charge on any atom is 0.348 e. The number of nitrogens with zero attached hydrogens (tertiary/aromatic N) is 6. The van der Waals surface area contributed by atoms with Crippen LogP contribution in [-0.4, -0.2) is 152 Å². The van der Waals surface area contributed by atoms with Gasteiger partial charge in [-0.15, -0.1) is 11.3 Å². The van der Waals surface area contributed by atoms with Crippen molar-refractivity contribution in [2.75, 3.05) is 92.6 Å². The molecule has 16 nitrogen and oxygen atoms in total. The highest BCUT2D eigenvalue weighted by atomic mass is 35.5. The molecule has 1 aliphatic carbocycles. The van der Waals surface area contributed by atoms with Gasteiger partial charge in [-0.1, -0.05) is 54.6 Å². The summed E-state index contributed by atoms with van der Waals surface area (Å²) in [6, 6.07) is 13.7. The van der Waals surface area contributed by atoms with Crippen LogP contribution in [0.1, 0.15) is 81.1 Å². The summed E-state index contributed by atoms with van der Waals surface area (Å²) in [6.45, 7) is 17.0. The highest BCUT2D eigenvalue weighted by molar-refractivity contribution is 7.22. The molecule has 2 saturated heterocycles. The summed E-state index contributed by atoms with van der Waals surface area (Å²) in [4.78, 5) is 40.2. The van der Waals surface area contributed by atoms with E-state index in [4.69, 9.17) is 85.8 Å². The Hall–Kier alpha value is -5.28. The van der Waals surface area contributed by atoms with Gasteiger partial charge in [-0.25, -0.2) is 29.1 Å². The van der Waals surface area contributed by atoms with E-state index in [1.54, 1.807) is 18.3 Å². The van der Waals surface area contributed by atoms with Crippen molar-refractivity contribution >= 4 is 50.7 Å². The first kappa shape index (κ1) is 57.9. The van der Waals surface area contributed by atoms with Crippen LogP contribution < -0.4 is 18.9 Å². The fourth-order valence-corrected chi connectivity index (χ4v) is 12.5. The van der Waals surface area contributed by atoms with E-state index in [-0.39, 0.29) is 42.9 Å². The van der Waals surface area contributed by atoms with Crippen molar-refractivity contribution in [3.63, 3.8) is 0 Å². The Labute approximate surface area is 481 Å². The number of carbonyl (C=O) groups is 1. The van der Waals surface area contributed by atoms with Crippen LogP contribution in [0.5, 0.6) is 23.1 Å². The van der Waals surface area contributed by atoms with Gasteiger partial charge in [0.1, 0.15) is 65.3 Å². The number of hydrogen-bond acceptors (Lipinski definition) is 17. The number of likely N-dealkylation sites (N-methyl/N-ethyl adjacent to an activating group) is 1. The number of aromatic nitrogens is 4. The first-order valence-electron chi connectivity index (χ1n) is 27.7. The Morgan fingerprint density at radius 1 is 0.875 bits per heavy atom. The molecule has 80 heavy (non-hydrogen) atoms. The molecule has 4 aliphatic heterocycles. The molecule has 0 spiro atoms. The maximum absolute atomic E-state index is 14.7. The summed E-state index contributed by atoms with van der Waals surface area (Å²) in [5, 5.41) is 1.15. The lowest BCUT2D eigenvalue weighted by atomic mass is 9.74. The van der Waals surface area contributed by atoms with E-state index >= 15 is 0 Å². The van der Waals surface area contributed by atoms with Gasteiger partial charge in [-0.2, -0.15) is 0 Å². The molecule has 0 radical (unpaired) electrons. The molecule has 4 bridgehead atoms. The van der Waals surface area contributed by atoms with Crippen molar-refractivity contribution in [3.8, 4) is 44.7 Å². The molecule has 7 heterocycles. The summed E-state index contributed by atoms with van der Waals surface area (Å²) in [7, 11) is 2.12. The SMILES string of the molecule is Cc1c(Cl)c2c(Cl)c(C)c1-c1c(-c3ccc(F)cc3)sc3ncnc(c13)O[C@@H](C(=O)OC(C)(C)C)Cc1cc(ccc1OCc1ccnc(C3(COCCOC[C@H]4COCCO4)CCCCC3)n1)OC[C@@H](CN1CCN(C)CC1)O2. The molecular formula is C60H71Cl2FN6O10S. The smallest absolute Gasteiger partial charge is 0.348 e. The fraction of sp³-hybridized carbons (Fsp3) is 0.517. The third-order valence-electron chi connectivity index (χ3n) is 15.1. The Morgan fingerprint density at radius 3 is 2.38 bits per heavy atom. The maximum atomic E-state index is 14.7. The predicted octanol–water partition coefficient (Wildman–Crippen LogP) is 10.8. The van der Waals surface area contributed by atoms with Gasteiger partial charge in [-0.3, -0.25) is 4.90 Å². The van der Waals surface area contributed by atoms with Crippen LogP contribution in [0.4, 0.5) is 4.39 Å². The molecule has 3 atom stereocenters. The monoisotopic (exact) mass is 1160 g/mol. The molecule has 3 fully saturated rings. The van der Waals surface area contributed by atoms with Gasteiger partial charge in [0.05, 0.1) is 72.8 Å². The molecular weight excluding hydrogens is 1090 g/mol. The minimum atomic E-state index is -1.27. The van der Waals surface area contributed by atoms with Gasteiger partial charge in [0.2, 0.25) is 12.0 Å². The van der Waals surface area contributed by atoms with E-state index in [0.29, 0.717) is 124 Å². The second kappa shape index (κ2) is 25.9. The molecule has 0 unspecified atom stereocenters. The number of thiophene rings is 1. The Balaban J connectivity index is 1.01. The average molecular weight is 1160 g/mol. The lowest BCUT2D eigenvalue weighted by molar-refractivity contribution is -0.163. The van der Waals surface area contributed by atoms with Crippen molar-refractivity contribution in [2.45, 2.75) is 109 Å². The van der Waals surface area contributed by atoms with Crippen molar-refractivity contribution < 1.29 is 51.8 Å². The van der Waals surface area contributed by atoms with Crippen molar-refractivity contribution in [1.29, 1.82) is 0 Å². The van der Waals surface area contributed by atoms with Crippen LogP contribution in [0.15, 0.2) is 61.1 Å². The summed E-state index contributed by atoms with van der Waals surface area (Å²) in [6.07, 6.45) is 6.32. The number of carbonyl (C=O) groups excluding carboxylic acids is 1. The number of rotatable bonds is 15. The lowest BCUT2D eigenvalue weighted by Gasteiger charge is -2.35. The number of halogens is 3. The van der Waals surface area contributed by atoms with E-state index in [2.05, 4.69) is 16.8 Å². The Kier molecular flexibility index (Phi) is 18.7. The van der Waals surface area contributed by atoms with E-state index in [9.17, 15) is 9.18 Å². The van der Waals surface area contributed by atoms with Gasteiger partial charge in [0.25, 0.3) is 0 Å². The van der Waals surface area contributed by atoms with E-state index in [0.717, 1.165) is 74.5 Å². The average Bonchev–Trinajstić information content (AvgIpc) is 3.84. The summed E-state index contributed by atoms with van der Waals surface area (Å²) in [5.74, 6) is 1.15. The summed E-state index contributed by atoms with van der Waals surface area (Å²) >= 11 is 16.3. The number of piperazine rings is 1. The molecule has 0 amide bonds. The summed E-state index contributed by atoms with van der Waals surface area (Å²) < 4.78 is 71.4. The lowest BCUT2D eigenvalue weighted by Crippen LogP contribution is -2.49. The number of esters is 1. The highest BCUT2D eigenvalue weighted by Gasteiger charge is 2.38. The summed E-state index contributed by atoms with van der Waals surface area (Å²) in [5.41, 5.74) is 3.46. The number of benzene rings is 3. The van der Waals surface area contributed by atoms with Crippen LogP contribution in [0.3, 0.4) is 0 Å². The number of ether oxygens (including phenoxy) is 9. The highest BCUT2D eigenvalue weighted by Crippen LogP contribution is 2.53. The van der Waals surface area contributed by atoms with Gasteiger partial charge in [0.15, 0.2) is 5.75 Å². The van der Waals surface area contributed by atoms with E-state index in [1.165, 1.54) is 29.8 Å². The van der Waals surface area contributed by atoms with Crippen LogP contribution in [0, 0.1) is 19.7 Å². The van der Waals surface area contributed by atoms with Gasteiger partial charge in [-0.05, 0) is 113 Å². The number of fused-ring (bicyclic) bond motifs is 7. The van der Waals surface area contributed by atoms with Crippen LogP contribution in [-0.2, 0) is 46.9 Å². The second-order valence-electron chi connectivity index (χ2n) is 22.2. The van der Waals surface area contributed by atoms with Crippen molar-refractivity contribution in [1.82, 2.24) is 29.7 Å². The molecule has 20 heteroatoms. The molecule has 3 aromatic carbocycles. The molecule has 1 saturated carbocycles. The van der Waals surface area contributed by atoms with Crippen LogP contribution in [0.2, 0.25) is 10.0 Å². The minimum Gasteiger partial charge on any atom is -0.490 e. The van der Waals surface area contributed by atoms with E-state index in [1.807, 2.05) is 58.9 Å². The third-order valence-corrected chi connectivity index (χ3v) is 17.1. The third kappa shape index (κ3) is 13.8. The Bertz CT molecular complexity index is 3080. The van der Waals surface area contributed by atoms with Gasteiger partial charge < -0.3 is 47.5 Å². The Morgan fingerprint density at radius 2 is 1.64 bits per heavy atom. The fourth-order valence-electron chi connectivity index (χ4n) is 10.9. The molecule has 6 aromatic rings.